The summed E-state index contributed by atoms with van der Waals surface area (Å²) >= 11 is 0. The Balaban J connectivity index is 1.06. The van der Waals surface area contributed by atoms with Gasteiger partial charge in [-0.15, -0.1) is 0 Å². The standard InChI is InChI=1S/C57H37N3/c1-3-13-38(14-4-1)50-35-51(39-15-5-2-6-16-39)37-52(36-50)56-58-55(49-30-24-41-18-8-10-20-43(41)34-49)59-57(60-56)54-22-12-11-21-53(54)48-29-28-46-32-45(26-27-47(46)33-48)44-25-23-40-17-7-9-19-42(40)31-44/h1-37H. The first-order valence-electron chi connectivity index (χ1n) is 20.3. The van der Waals surface area contributed by atoms with Crippen LogP contribution in [0.1, 0.15) is 0 Å². The molecule has 0 radical (unpaired) electrons. The Morgan fingerprint density at radius 1 is 0.183 bits per heavy atom. The summed E-state index contributed by atoms with van der Waals surface area (Å²) in [6.07, 6.45) is 0. The van der Waals surface area contributed by atoms with Crippen LogP contribution in [0.3, 0.4) is 0 Å². The zero-order valence-corrected chi connectivity index (χ0v) is 32.7. The van der Waals surface area contributed by atoms with Gasteiger partial charge in [0.05, 0.1) is 0 Å². The van der Waals surface area contributed by atoms with Crippen molar-refractivity contribution in [2.45, 2.75) is 0 Å². The second-order valence-corrected chi connectivity index (χ2v) is 15.3. The lowest BCUT2D eigenvalue weighted by Crippen LogP contribution is -2.01. The first-order chi connectivity index (χ1) is 29.7. The molecule has 0 N–H and O–H groups in total. The van der Waals surface area contributed by atoms with E-state index in [2.05, 4.69) is 224 Å². The monoisotopic (exact) mass is 763 g/mol. The molecule has 0 aliphatic carbocycles. The van der Waals surface area contributed by atoms with Gasteiger partial charge in [-0.3, -0.25) is 0 Å². The number of hydrogen-bond donors (Lipinski definition) is 0. The minimum atomic E-state index is 0.618. The maximum absolute atomic E-state index is 5.32. The van der Waals surface area contributed by atoms with Crippen molar-refractivity contribution in [3.8, 4) is 78.7 Å². The van der Waals surface area contributed by atoms with Crippen LogP contribution in [-0.4, -0.2) is 15.0 Å². The molecule has 0 bridgehead atoms. The van der Waals surface area contributed by atoms with E-state index in [-0.39, 0.29) is 0 Å². The molecule has 60 heavy (non-hydrogen) atoms. The smallest absolute Gasteiger partial charge is 0.164 e. The Hall–Kier alpha value is -8.01. The van der Waals surface area contributed by atoms with Gasteiger partial charge in [-0.1, -0.05) is 182 Å². The number of fused-ring (bicyclic) bond motifs is 3. The summed E-state index contributed by atoms with van der Waals surface area (Å²) in [6, 6.07) is 79.6. The van der Waals surface area contributed by atoms with Gasteiger partial charge >= 0.3 is 0 Å². The molecule has 0 spiro atoms. The molecule has 1 heterocycles. The summed E-state index contributed by atoms with van der Waals surface area (Å²) in [6.45, 7) is 0. The lowest BCUT2D eigenvalue weighted by Gasteiger charge is -2.14. The van der Waals surface area contributed by atoms with Crippen LogP contribution in [0, 0.1) is 0 Å². The third-order valence-electron chi connectivity index (χ3n) is 11.5. The SMILES string of the molecule is c1ccc(-c2cc(-c3ccccc3)cc(-c3nc(-c4ccc5ccccc5c4)nc(-c4ccccc4-c4ccc5cc(-c6ccc7ccccc7c6)ccc5c4)n3)c2)cc1. The van der Waals surface area contributed by atoms with Gasteiger partial charge in [0.25, 0.3) is 0 Å². The van der Waals surface area contributed by atoms with Gasteiger partial charge in [0, 0.05) is 16.7 Å². The van der Waals surface area contributed by atoms with E-state index in [0.717, 1.165) is 55.5 Å². The van der Waals surface area contributed by atoms with Crippen molar-refractivity contribution in [2.75, 3.05) is 0 Å². The molecular weight excluding hydrogens is 727 g/mol. The van der Waals surface area contributed by atoms with E-state index < -0.39 is 0 Å². The van der Waals surface area contributed by atoms with Gasteiger partial charge in [-0.25, -0.2) is 15.0 Å². The zero-order valence-electron chi connectivity index (χ0n) is 32.7. The van der Waals surface area contributed by atoms with E-state index in [1.165, 1.54) is 38.1 Å². The minimum absolute atomic E-state index is 0.618. The summed E-state index contributed by atoms with van der Waals surface area (Å²) in [5.41, 5.74) is 11.8. The highest BCUT2D eigenvalue weighted by atomic mass is 15.0. The molecule has 0 fully saturated rings. The van der Waals surface area contributed by atoms with Gasteiger partial charge in [0.1, 0.15) is 0 Å². The summed E-state index contributed by atoms with van der Waals surface area (Å²) in [7, 11) is 0. The molecule has 0 amide bonds. The van der Waals surface area contributed by atoms with Crippen LogP contribution < -0.4 is 0 Å². The van der Waals surface area contributed by atoms with Crippen molar-refractivity contribution >= 4 is 32.3 Å². The van der Waals surface area contributed by atoms with Crippen LogP contribution in [0.4, 0.5) is 0 Å². The molecule has 0 saturated carbocycles. The van der Waals surface area contributed by atoms with Crippen molar-refractivity contribution in [3.05, 3.63) is 224 Å². The second kappa shape index (κ2) is 15.1. The van der Waals surface area contributed by atoms with Crippen molar-refractivity contribution in [3.63, 3.8) is 0 Å². The number of rotatable bonds is 7. The zero-order chi connectivity index (χ0) is 39.8. The Kier molecular flexibility index (Phi) is 8.83. The molecule has 280 valence electrons. The molecule has 0 aliphatic heterocycles. The summed E-state index contributed by atoms with van der Waals surface area (Å²) in [5.74, 6) is 1.87. The second-order valence-electron chi connectivity index (χ2n) is 15.3. The van der Waals surface area contributed by atoms with Crippen LogP contribution >= 0.6 is 0 Å². The Bertz CT molecular complexity index is 3320. The van der Waals surface area contributed by atoms with Crippen molar-refractivity contribution in [1.82, 2.24) is 15.0 Å². The Labute approximate surface area is 349 Å². The highest BCUT2D eigenvalue weighted by molar-refractivity contribution is 5.95. The molecule has 0 unspecified atom stereocenters. The van der Waals surface area contributed by atoms with Crippen LogP contribution in [-0.2, 0) is 0 Å². The first kappa shape index (κ1) is 35.2. The van der Waals surface area contributed by atoms with Gasteiger partial charge in [-0.05, 0) is 119 Å². The lowest BCUT2D eigenvalue weighted by molar-refractivity contribution is 1.07. The van der Waals surface area contributed by atoms with Gasteiger partial charge < -0.3 is 0 Å². The van der Waals surface area contributed by atoms with Crippen LogP contribution in [0.5, 0.6) is 0 Å². The highest BCUT2D eigenvalue weighted by Crippen LogP contribution is 2.37. The predicted molar refractivity (Wildman–Crippen MR) is 250 cm³/mol. The first-order valence-corrected chi connectivity index (χ1v) is 20.3. The molecule has 0 saturated heterocycles. The summed E-state index contributed by atoms with van der Waals surface area (Å²) < 4.78 is 0. The van der Waals surface area contributed by atoms with Gasteiger partial charge in [0.2, 0.25) is 0 Å². The number of nitrogens with zero attached hydrogens (tertiary/aromatic N) is 3. The molecule has 0 atom stereocenters. The maximum Gasteiger partial charge on any atom is 0.164 e. The van der Waals surface area contributed by atoms with E-state index in [9.17, 15) is 0 Å². The van der Waals surface area contributed by atoms with Crippen molar-refractivity contribution in [2.24, 2.45) is 0 Å². The predicted octanol–water partition coefficient (Wildman–Crippen LogP) is 15.0. The quantitative estimate of drug-likeness (QED) is 0.162. The molecule has 11 aromatic rings. The fraction of sp³-hybridized carbons (Fsp3) is 0. The summed E-state index contributed by atoms with van der Waals surface area (Å²) in [5, 5.41) is 7.16. The topological polar surface area (TPSA) is 38.7 Å². The van der Waals surface area contributed by atoms with E-state index >= 15 is 0 Å². The van der Waals surface area contributed by atoms with Crippen molar-refractivity contribution < 1.29 is 0 Å². The average molecular weight is 764 g/mol. The van der Waals surface area contributed by atoms with Crippen LogP contribution in [0.15, 0.2) is 224 Å². The molecule has 3 heteroatoms. The minimum Gasteiger partial charge on any atom is -0.208 e. The molecule has 10 aromatic carbocycles. The summed E-state index contributed by atoms with van der Waals surface area (Å²) in [4.78, 5) is 15.8. The molecule has 3 nitrogen and oxygen atoms in total. The Morgan fingerprint density at radius 2 is 0.550 bits per heavy atom. The van der Waals surface area contributed by atoms with E-state index in [4.69, 9.17) is 15.0 Å². The van der Waals surface area contributed by atoms with Crippen molar-refractivity contribution in [1.29, 1.82) is 0 Å². The molecule has 1 aromatic heterocycles. The third kappa shape index (κ3) is 6.78. The number of benzene rings is 10. The lowest BCUT2D eigenvalue weighted by atomic mass is 9.94. The van der Waals surface area contributed by atoms with Crippen LogP contribution in [0.2, 0.25) is 0 Å². The van der Waals surface area contributed by atoms with Crippen LogP contribution in [0.25, 0.3) is 111 Å². The van der Waals surface area contributed by atoms with Gasteiger partial charge in [-0.2, -0.15) is 0 Å². The molecular formula is C57H37N3. The highest BCUT2D eigenvalue weighted by Gasteiger charge is 2.18. The van der Waals surface area contributed by atoms with E-state index in [0.29, 0.717) is 17.5 Å². The normalized spacial score (nSPS) is 11.3. The average Bonchev–Trinajstić information content (AvgIpc) is 3.33. The fourth-order valence-corrected chi connectivity index (χ4v) is 8.33. The molecule has 0 aliphatic rings. The number of aromatic nitrogens is 3. The fourth-order valence-electron chi connectivity index (χ4n) is 8.33. The Morgan fingerprint density at radius 3 is 1.13 bits per heavy atom. The molecule has 11 rings (SSSR count). The largest absolute Gasteiger partial charge is 0.208 e. The van der Waals surface area contributed by atoms with Gasteiger partial charge in [0.15, 0.2) is 17.5 Å². The van der Waals surface area contributed by atoms with E-state index in [1.54, 1.807) is 0 Å². The maximum atomic E-state index is 5.32. The number of hydrogen-bond acceptors (Lipinski definition) is 3. The third-order valence-corrected chi connectivity index (χ3v) is 11.5. The van der Waals surface area contributed by atoms with E-state index in [1.807, 2.05) is 0 Å².